The highest BCUT2D eigenvalue weighted by molar-refractivity contribution is 7.89. The Kier molecular flexibility index (Phi) is 8.57. The van der Waals surface area contributed by atoms with Crippen LogP contribution in [0.1, 0.15) is 66.4 Å². The SMILES string of the molecule is O=C(CCc1ccc(S(=O)(=O)N2CCCCC2)cc1)NCc1ccc(C(=O)N2CCCCC2)cc1. The van der Waals surface area contributed by atoms with Gasteiger partial charge in [0, 0.05) is 44.7 Å². The third-order valence-corrected chi connectivity index (χ3v) is 8.76. The van der Waals surface area contributed by atoms with Crippen molar-refractivity contribution in [2.24, 2.45) is 0 Å². The van der Waals surface area contributed by atoms with Crippen molar-refractivity contribution in [2.45, 2.75) is 62.8 Å². The summed E-state index contributed by atoms with van der Waals surface area (Å²) in [6.07, 6.45) is 7.09. The molecule has 0 saturated carbocycles. The normalized spacial score (nSPS) is 17.2. The van der Waals surface area contributed by atoms with Crippen LogP contribution in [0.2, 0.25) is 0 Å². The number of nitrogens with one attached hydrogen (secondary N) is 1. The monoisotopic (exact) mass is 497 g/mol. The van der Waals surface area contributed by atoms with E-state index in [4.69, 9.17) is 0 Å². The number of rotatable bonds is 8. The molecule has 2 aliphatic heterocycles. The maximum absolute atomic E-state index is 12.8. The second-order valence-corrected chi connectivity index (χ2v) is 11.4. The van der Waals surface area contributed by atoms with Crippen LogP contribution in [0.5, 0.6) is 0 Å². The molecule has 35 heavy (non-hydrogen) atoms. The Bertz CT molecular complexity index is 1100. The van der Waals surface area contributed by atoms with E-state index in [1.165, 1.54) is 6.42 Å². The summed E-state index contributed by atoms with van der Waals surface area (Å²) in [6.45, 7) is 3.23. The average Bonchev–Trinajstić information content (AvgIpc) is 2.92. The van der Waals surface area contributed by atoms with E-state index in [9.17, 15) is 18.0 Å². The van der Waals surface area contributed by atoms with Crippen molar-refractivity contribution in [2.75, 3.05) is 26.2 Å². The molecule has 0 radical (unpaired) electrons. The van der Waals surface area contributed by atoms with Crippen LogP contribution in [0, 0.1) is 0 Å². The zero-order valence-corrected chi connectivity index (χ0v) is 21.1. The van der Waals surface area contributed by atoms with E-state index >= 15 is 0 Å². The Morgan fingerprint density at radius 3 is 1.94 bits per heavy atom. The standard InChI is InChI=1S/C27H35N3O4S/c31-26(28-21-23-7-12-24(13-8-23)27(32)29-17-3-1-4-18-29)16-11-22-9-14-25(15-10-22)35(33,34)30-19-5-2-6-20-30/h7-10,12-15H,1-6,11,16-21H2,(H,28,31). The molecule has 4 rings (SSSR count). The van der Waals surface area contributed by atoms with Crippen molar-refractivity contribution in [3.8, 4) is 0 Å². The Hall–Kier alpha value is -2.71. The lowest BCUT2D eigenvalue weighted by molar-refractivity contribution is -0.121. The molecule has 2 aromatic carbocycles. The second kappa shape index (κ2) is 11.8. The van der Waals surface area contributed by atoms with Crippen molar-refractivity contribution >= 4 is 21.8 Å². The van der Waals surface area contributed by atoms with E-state index in [2.05, 4.69) is 5.32 Å². The van der Waals surface area contributed by atoms with Crippen LogP contribution in [0.15, 0.2) is 53.4 Å². The highest BCUT2D eigenvalue weighted by atomic mass is 32.2. The number of amides is 2. The van der Waals surface area contributed by atoms with Crippen molar-refractivity contribution < 1.29 is 18.0 Å². The zero-order chi connectivity index (χ0) is 24.7. The Balaban J connectivity index is 1.22. The first-order chi connectivity index (χ1) is 16.9. The van der Waals surface area contributed by atoms with Gasteiger partial charge in [0.05, 0.1) is 4.90 Å². The summed E-state index contributed by atoms with van der Waals surface area (Å²) < 4.78 is 27.1. The van der Waals surface area contributed by atoms with Crippen LogP contribution in [0.25, 0.3) is 0 Å². The van der Waals surface area contributed by atoms with Crippen molar-refractivity contribution in [3.63, 3.8) is 0 Å². The lowest BCUT2D eigenvalue weighted by atomic mass is 10.1. The van der Waals surface area contributed by atoms with Gasteiger partial charge >= 0.3 is 0 Å². The number of likely N-dealkylation sites (tertiary alicyclic amines) is 1. The van der Waals surface area contributed by atoms with Gasteiger partial charge in [-0.15, -0.1) is 0 Å². The lowest BCUT2D eigenvalue weighted by Crippen LogP contribution is -2.35. The minimum atomic E-state index is -3.43. The Morgan fingerprint density at radius 1 is 0.743 bits per heavy atom. The van der Waals surface area contributed by atoms with Crippen molar-refractivity contribution in [3.05, 3.63) is 65.2 Å². The van der Waals surface area contributed by atoms with Crippen LogP contribution < -0.4 is 5.32 Å². The number of piperidine rings is 2. The number of aryl methyl sites for hydroxylation is 1. The van der Waals surface area contributed by atoms with Gasteiger partial charge in [0.15, 0.2) is 0 Å². The third kappa shape index (κ3) is 6.70. The van der Waals surface area contributed by atoms with Gasteiger partial charge in [-0.2, -0.15) is 4.31 Å². The molecule has 2 aliphatic rings. The summed E-state index contributed by atoms with van der Waals surface area (Å²) in [7, 11) is -3.43. The first-order valence-electron chi connectivity index (χ1n) is 12.7. The number of carbonyl (C=O) groups excluding carboxylic acids is 2. The molecule has 2 heterocycles. The van der Waals surface area contributed by atoms with E-state index in [0.717, 1.165) is 56.3 Å². The quantitative estimate of drug-likeness (QED) is 0.602. The lowest BCUT2D eigenvalue weighted by Gasteiger charge is -2.26. The van der Waals surface area contributed by atoms with E-state index in [0.29, 0.717) is 42.9 Å². The van der Waals surface area contributed by atoms with Gasteiger partial charge in [-0.05, 0) is 73.9 Å². The maximum atomic E-state index is 12.8. The minimum Gasteiger partial charge on any atom is -0.352 e. The molecule has 2 amide bonds. The van der Waals surface area contributed by atoms with Gasteiger partial charge in [0.1, 0.15) is 0 Å². The molecule has 0 atom stereocenters. The van der Waals surface area contributed by atoms with E-state index in [1.807, 2.05) is 29.2 Å². The average molecular weight is 498 g/mol. The number of hydrogen-bond acceptors (Lipinski definition) is 4. The third-order valence-electron chi connectivity index (χ3n) is 6.85. The largest absolute Gasteiger partial charge is 0.352 e. The summed E-state index contributed by atoms with van der Waals surface area (Å²) in [5, 5.41) is 2.92. The Morgan fingerprint density at radius 2 is 1.31 bits per heavy atom. The summed E-state index contributed by atoms with van der Waals surface area (Å²) >= 11 is 0. The minimum absolute atomic E-state index is 0.0662. The number of hydrogen-bond donors (Lipinski definition) is 1. The molecular formula is C27H35N3O4S. The number of nitrogens with zero attached hydrogens (tertiary/aromatic N) is 2. The summed E-state index contributed by atoms with van der Waals surface area (Å²) in [6, 6.07) is 14.3. The molecular weight excluding hydrogens is 462 g/mol. The molecule has 188 valence electrons. The topological polar surface area (TPSA) is 86.8 Å². The van der Waals surface area contributed by atoms with Crippen LogP contribution in [-0.2, 0) is 27.8 Å². The van der Waals surface area contributed by atoms with Gasteiger partial charge in [-0.25, -0.2) is 8.42 Å². The van der Waals surface area contributed by atoms with Gasteiger partial charge in [-0.3, -0.25) is 9.59 Å². The van der Waals surface area contributed by atoms with Crippen LogP contribution >= 0.6 is 0 Å². The van der Waals surface area contributed by atoms with Gasteiger partial charge < -0.3 is 10.2 Å². The molecule has 0 spiro atoms. The predicted octanol–water partition coefficient (Wildman–Crippen LogP) is 3.74. The predicted molar refractivity (Wildman–Crippen MR) is 135 cm³/mol. The van der Waals surface area contributed by atoms with Crippen LogP contribution in [-0.4, -0.2) is 55.6 Å². The second-order valence-electron chi connectivity index (χ2n) is 9.44. The molecule has 0 aliphatic carbocycles. The zero-order valence-electron chi connectivity index (χ0n) is 20.2. The maximum Gasteiger partial charge on any atom is 0.253 e. The molecule has 0 aromatic heterocycles. The van der Waals surface area contributed by atoms with Crippen molar-refractivity contribution in [1.29, 1.82) is 0 Å². The number of carbonyl (C=O) groups is 2. The molecule has 8 heteroatoms. The fourth-order valence-electron chi connectivity index (χ4n) is 4.67. The van der Waals surface area contributed by atoms with E-state index in [-0.39, 0.29) is 11.8 Å². The van der Waals surface area contributed by atoms with Crippen LogP contribution in [0.3, 0.4) is 0 Å². The van der Waals surface area contributed by atoms with Gasteiger partial charge in [0.2, 0.25) is 15.9 Å². The van der Waals surface area contributed by atoms with E-state index in [1.54, 1.807) is 28.6 Å². The van der Waals surface area contributed by atoms with E-state index < -0.39 is 10.0 Å². The molecule has 2 fully saturated rings. The van der Waals surface area contributed by atoms with Crippen molar-refractivity contribution in [1.82, 2.24) is 14.5 Å². The van der Waals surface area contributed by atoms with Gasteiger partial charge in [-0.1, -0.05) is 30.7 Å². The molecule has 1 N–H and O–H groups in total. The van der Waals surface area contributed by atoms with Gasteiger partial charge in [0.25, 0.3) is 5.91 Å². The first-order valence-corrected chi connectivity index (χ1v) is 14.1. The highest BCUT2D eigenvalue weighted by Gasteiger charge is 2.25. The fourth-order valence-corrected chi connectivity index (χ4v) is 6.19. The summed E-state index contributed by atoms with van der Waals surface area (Å²) in [5.41, 5.74) is 2.56. The molecule has 2 saturated heterocycles. The molecule has 7 nitrogen and oxygen atoms in total. The summed E-state index contributed by atoms with van der Waals surface area (Å²) in [5.74, 6) is 0.0125. The number of benzene rings is 2. The number of sulfonamides is 1. The molecule has 2 aromatic rings. The van der Waals surface area contributed by atoms with Crippen LogP contribution in [0.4, 0.5) is 0 Å². The summed E-state index contributed by atoms with van der Waals surface area (Å²) in [4.78, 5) is 27.1. The molecule has 0 unspecified atom stereocenters. The smallest absolute Gasteiger partial charge is 0.253 e. The Labute approximate surface area is 208 Å². The highest BCUT2D eigenvalue weighted by Crippen LogP contribution is 2.21. The fraction of sp³-hybridized carbons (Fsp3) is 0.481. The molecule has 0 bridgehead atoms. The first kappa shape index (κ1) is 25.4.